The number of carbonyl (C=O) groups excluding carboxylic acids is 3. The third-order valence-electron chi connectivity index (χ3n) is 4.38. The Kier molecular flexibility index (Phi) is 7.44. The largest absolute Gasteiger partial charge is 0.495 e. The fraction of sp³-hybridized carbons (Fsp3) is 0.526. The standard InChI is InChI=1S/C19H26N2O5/c1-13-8-9-16(25-2)15(10-13)21-17(22)12-26-18(23)11-20-19(24)14-6-4-3-5-7-14/h8-10,14H,3-7,11-12H2,1-2H3,(H,20,24)(H,21,22). The van der Waals surface area contributed by atoms with Gasteiger partial charge in [-0.25, -0.2) is 0 Å². The van der Waals surface area contributed by atoms with Crippen LogP contribution in [0.3, 0.4) is 0 Å². The lowest BCUT2D eigenvalue weighted by Gasteiger charge is -2.20. The Morgan fingerprint density at radius 3 is 2.58 bits per heavy atom. The molecule has 0 saturated heterocycles. The Balaban J connectivity index is 1.72. The second-order valence-corrected chi connectivity index (χ2v) is 6.47. The van der Waals surface area contributed by atoms with E-state index in [1.807, 2.05) is 13.0 Å². The van der Waals surface area contributed by atoms with Crippen molar-refractivity contribution in [2.45, 2.75) is 39.0 Å². The van der Waals surface area contributed by atoms with Gasteiger partial charge in [0.05, 0.1) is 12.8 Å². The number of carbonyl (C=O) groups is 3. The number of rotatable bonds is 7. The molecule has 2 amide bonds. The molecule has 0 unspecified atom stereocenters. The number of hydrogen-bond donors (Lipinski definition) is 2. The van der Waals surface area contributed by atoms with Crippen LogP contribution < -0.4 is 15.4 Å². The van der Waals surface area contributed by atoms with E-state index in [9.17, 15) is 14.4 Å². The highest BCUT2D eigenvalue weighted by Gasteiger charge is 2.21. The molecular weight excluding hydrogens is 336 g/mol. The summed E-state index contributed by atoms with van der Waals surface area (Å²) in [5.74, 6) is -0.722. The highest BCUT2D eigenvalue weighted by Crippen LogP contribution is 2.25. The molecule has 2 rings (SSSR count). The van der Waals surface area contributed by atoms with Crippen LogP contribution in [0.4, 0.5) is 5.69 Å². The highest BCUT2D eigenvalue weighted by molar-refractivity contribution is 5.94. The molecular formula is C19H26N2O5. The maximum absolute atomic E-state index is 12.0. The van der Waals surface area contributed by atoms with Crippen molar-refractivity contribution in [3.05, 3.63) is 23.8 Å². The number of methoxy groups -OCH3 is 1. The van der Waals surface area contributed by atoms with Gasteiger partial charge in [0.15, 0.2) is 6.61 Å². The molecule has 0 radical (unpaired) electrons. The second kappa shape index (κ2) is 9.79. The van der Waals surface area contributed by atoms with Crippen LogP contribution in [-0.2, 0) is 19.1 Å². The minimum atomic E-state index is -0.638. The van der Waals surface area contributed by atoms with E-state index in [2.05, 4.69) is 10.6 Å². The molecule has 0 bridgehead atoms. The van der Waals surface area contributed by atoms with Crippen LogP contribution in [-0.4, -0.2) is 38.0 Å². The summed E-state index contributed by atoms with van der Waals surface area (Å²) in [5, 5.41) is 5.23. The van der Waals surface area contributed by atoms with Crippen molar-refractivity contribution >= 4 is 23.5 Å². The summed E-state index contributed by atoms with van der Waals surface area (Å²) >= 11 is 0. The second-order valence-electron chi connectivity index (χ2n) is 6.47. The van der Waals surface area contributed by atoms with E-state index in [1.165, 1.54) is 7.11 Å². The molecule has 7 heteroatoms. The molecule has 1 aromatic carbocycles. The maximum atomic E-state index is 12.0. The fourth-order valence-corrected chi connectivity index (χ4v) is 2.97. The highest BCUT2D eigenvalue weighted by atomic mass is 16.5. The van der Waals surface area contributed by atoms with Crippen molar-refractivity contribution < 1.29 is 23.9 Å². The van der Waals surface area contributed by atoms with Crippen LogP contribution in [0.1, 0.15) is 37.7 Å². The van der Waals surface area contributed by atoms with E-state index in [0.717, 1.165) is 37.7 Å². The zero-order valence-corrected chi connectivity index (χ0v) is 15.3. The van der Waals surface area contributed by atoms with Gasteiger partial charge in [0.2, 0.25) is 5.91 Å². The third-order valence-corrected chi connectivity index (χ3v) is 4.38. The number of aryl methyl sites for hydroxylation is 1. The lowest BCUT2D eigenvalue weighted by Crippen LogP contribution is -2.36. The normalized spacial score (nSPS) is 14.4. The molecule has 7 nitrogen and oxygen atoms in total. The smallest absolute Gasteiger partial charge is 0.325 e. The average Bonchev–Trinajstić information content (AvgIpc) is 2.65. The molecule has 1 saturated carbocycles. The predicted molar refractivity (Wildman–Crippen MR) is 96.9 cm³/mol. The Morgan fingerprint density at radius 2 is 1.88 bits per heavy atom. The maximum Gasteiger partial charge on any atom is 0.325 e. The number of benzene rings is 1. The Hall–Kier alpha value is -2.57. The first-order valence-electron chi connectivity index (χ1n) is 8.87. The Labute approximate surface area is 153 Å². The Morgan fingerprint density at radius 1 is 1.15 bits per heavy atom. The zero-order chi connectivity index (χ0) is 18.9. The van der Waals surface area contributed by atoms with Gasteiger partial charge in [-0.15, -0.1) is 0 Å². The topological polar surface area (TPSA) is 93.7 Å². The van der Waals surface area contributed by atoms with E-state index in [1.54, 1.807) is 12.1 Å². The van der Waals surface area contributed by atoms with Crippen molar-refractivity contribution in [3.63, 3.8) is 0 Å². The minimum absolute atomic E-state index is 0.0198. The summed E-state index contributed by atoms with van der Waals surface area (Å²) in [6.45, 7) is 1.25. The molecule has 0 aliphatic heterocycles. The molecule has 0 atom stereocenters. The van der Waals surface area contributed by atoms with E-state index in [-0.39, 0.29) is 18.4 Å². The minimum Gasteiger partial charge on any atom is -0.495 e. The molecule has 0 aromatic heterocycles. The van der Waals surface area contributed by atoms with Gasteiger partial charge in [-0.05, 0) is 37.5 Å². The summed E-state index contributed by atoms with van der Waals surface area (Å²) < 4.78 is 10.1. The van der Waals surface area contributed by atoms with Gasteiger partial charge in [-0.3, -0.25) is 14.4 Å². The van der Waals surface area contributed by atoms with Gasteiger partial charge in [-0.1, -0.05) is 25.3 Å². The lowest BCUT2D eigenvalue weighted by molar-refractivity contribution is -0.147. The predicted octanol–water partition coefficient (Wildman–Crippen LogP) is 2.18. The molecule has 1 aliphatic rings. The number of esters is 1. The first-order chi connectivity index (χ1) is 12.5. The SMILES string of the molecule is COc1ccc(C)cc1NC(=O)COC(=O)CNC(=O)C1CCCCC1. The average molecular weight is 362 g/mol. The molecule has 1 aliphatic carbocycles. The van der Waals surface area contributed by atoms with Crippen LogP contribution in [0.25, 0.3) is 0 Å². The molecule has 0 heterocycles. The van der Waals surface area contributed by atoms with E-state index >= 15 is 0 Å². The van der Waals surface area contributed by atoms with Crippen molar-refractivity contribution in [2.75, 3.05) is 25.6 Å². The molecule has 142 valence electrons. The van der Waals surface area contributed by atoms with Gasteiger partial charge >= 0.3 is 5.97 Å². The van der Waals surface area contributed by atoms with Gasteiger partial charge in [0.1, 0.15) is 12.3 Å². The lowest BCUT2D eigenvalue weighted by atomic mass is 9.89. The first kappa shape index (κ1) is 19.8. The molecule has 26 heavy (non-hydrogen) atoms. The molecule has 1 aromatic rings. The molecule has 2 N–H and O–H groups in total. The van der Waals surface area contributed by atoms with Crippen molar-refractivity contribution in [3.8, 4) is 5.75 Å². The van der Waals surface area contributed by atoms with Crippen molar-refractivity contribution in [2.24, 2.45) is 5.92 Å². The summed E-state index contributed by atoms with van der Waals surface area (Å²) in [5.41, 5.74) is 1.47. The molecule has 1 fully saturated rings. The van der Waals surface area contributed by atoms with Gasteiger partial charge in [0, 0.05) is 5.92 Å². The quantitative estimate of drug-likeness (QED) is 0.725. The van der Waals surface area contributed by atoms with Crippen LogP contribution in [0.2, 0.25) is 0 Å². The third kappa shape index (κ3) is 6.06. The Bertz CT molecular complexity index is 653. The number of nitrogens with one attached hydrogen (secondary N) is 2. The van der Waals surface area contributed by atoms with Gasteiger partial charge in [0.25, 0.3) is 5.91 Å². The van der Waals surface area contributed by atoms with Crippen LogP contribution >= 0.6 is 0 Å². The summed E-state index contributed by atoms with van der Waals surface area (Å²) in [6.07, 6.45) is 4.98. The zero-order valence-electron chi connectivity index (χ0n) is 15.3. The number of anilines is 1. The van der Waals surface area contributed by atoms with Crippen molar-refractivity contribution in [1.82, 2.24) is 5.32 Å². The molecule has 0 spiro atoms. The van der Waals surface area contributed by atoms with E-state index in [0.29, 0.717) is 11.4 Å². The number of hydrogen-bond acceptors (Lipinski definition) is 5. The first-order valence-corrected chi connectivity index (χ1v) is 8.87. The van der Waals surface area contributed by atoms with Crippen LogP contribution in [0, 0.1) is 12.8 Å². The number of amides is 2. The van der Waals surface area contributed by atoms with E-state index in [4.69, 9.17) is 9.47 Å². The fourth-order valence-electron chi connectivity index (χ4n) is 2.97. The number of ether oxygens (including phenoxy) is 2. The van der Waals surface area contributed by atoms with Gasteiger partial charge < -0.3 is 20.1 Å². The van der Waals surface area contributed by atoms with Gasteiger partial charge in [-0.2, -0.15) is 0 Å². The van der Waals surface area contributed by atoms with Crippen molar-refractivity contribution in [1.29, 1.82) is 0 Å². The summed E-state index contributed by atoms with van der Waals surface area (Å²) in [6, 6.07) is 5.38. The monoisotopic (exact) mass is 362 g/mol. The van der Waals surface area contributed by atoms with E-state index < -0.39 is 18.5 Å². The summed E-state index contributed by atoms with van der Waals surface area (Å²) in [4.78, 5) is 35.6. The van der Waals surface area contributed by atoms with Crippen LogP contribution in [0.15, 0.2) is 18.2 Å². The summed E-state index contributed by atoms with van der Waals surface area (Å²) in [7, 11) is 1.51. The van der Waals surface area contributed by atoms with Crippen LogP contribution in [0.5, 0.6) is 5.75 Å².